The third-order valence-electron chi connectivity index (χ3n) is 5.90. The number of allylic oxidation sites excluding steroid dienone is 2. The van der Waals surface area contributed by atoms with E-state index in [4.69, 9.17) is 0 Å². The molecule has 1 saturated carbocycles. The molecular weight excluding hydrogens is 486 g/mol. The normalized spacial score (nSPS) is 27.2. The number of amides is 2. The van der Waals surface area contributed by atoms with Crippen molar-refractivity contribution >= 4 is 41.8 Å². The fourth-order valence-electron chi connectivity index (χ4n) is 4.60. The van der Waals surface area contributed by atoms with Gasteiger partial charge in [-0.3, -0.25) is 14.5 Å². The number of nitrogens with one attached hydrogen (secondary N) is 2. The van der Waals surface area contributed by atoms with Crippen LogP contribution >= 0.6 is 24.0 Å². The van der Waals surface area contributed by atoms with Gasteiger partial charge in [-0.15, -0.1) is 24.0 Å². The van der Waals surface area contributed by atoms with Gasteiger partial charge in [-0.05, 0) is 31.2 Å². The van der Waals surface area contributed by atoms with Crippen LogP contribution in [-0.2, 0) is 16.1 Å². The molecule has 2 amide bonds. The minimum atomic E-state index is -0.287. The maximum absolute atomic E-state index is 13.8. The van der Waals surface area contributed by atoms with Crippen molar-refractivity contribution in [2.45, 2.75) is 19.9 Å². The van der Waals surface area contributed by atoms with Crippen LogP contribution in [0.1, 0.15) is 18.9 Å². The molecule has 4 rings (SSSR count). The average molecular weight is 512 g/mol. The number of imide groups is 1. The number of benzene rings is 1. The Morgan fingerprint density at radius 1 is 1.14 bits per heavy atom. The smallest absolute Gasteiger partial charge is 0.233 e. The molecular formula is C21H26FIN4O2. The molecule has 1 aromatic rings. The Balaban J connectivity index is 0.00000240. The van der Waals surface area contributed by atoms with E-state index in [0.717, 1.165) is 6.42 Å². The Labute approximate surface area is 187 Å². The molecule has 2 aliphatic carbocycles. The summed E-state index contributed by atoms with van der Waals surface area (Å²) in [5, 5.41) is 6.24. The predicted octanol–water partition coefficient (Wildman–Crippen LogP) is 2.31. The van der Waals surface area contributed by atoms with Gasteiger partial charge in [-0.1, -0.05) is 30.4 Å². The van der Waals surface area contributed by atoms with Gasteiger partial charge in [-0.25, -0.2) is 9.38 Å². The zero-order valence-electron chi connectivity index (χ0n) is 16.3. The molecule has 8 heteroatoms. The maximum Gasteiger partial charge on any atom is 0.233 e. The first-order chi connectivity index (χ1) is 13.6. The maximum atomic E-state index is 13.8. The lowest BCUT2D eigenvalue weighted by atomic mass is 9.85. The Kier molecular flexibility index (Phi) is 6.92. The van der Waals surface area contributed by atoms with Crippen molar-refractivity contribution < 1.29 is 14.0 Å². The number of hydrogen-bond acceptors (Lipinski definition) is 3. The van der Waals surface area contributed by atoms with Crippen molar-refractivity contribution in [1.82, 2.24) is 15.5 Å². The third kappa shape index (κ3) is 4.17. The number of fused-ring (bicyclic) bond motifs is 5. The predicted molar refractivity (Wildman–Crippen MR) is 119 cm³/mol. The van der Waals surface area contributed by atoms with E-state index in [-0.39, 0.29) is 71.8 Å². The summed E-state index contributed by atoms with van der Waals surface area (Å²) in [5.41, 5.74) is 0.514. The van der Waals surface area contributed by atoms with Gasteiger partial charge in [-0.2, -0.15) is 0 Å². The van der Waals surface area contributed by atoms with E-state index in [2.05, 4.69) is 27.8 Å². The van der Waals surface area contributed by atoms with E-state index in [9.17, 15) is 14.0 Å². The highest BCUT2D eigenvalue weighted by Crippen LogP contribution is 2.52. The highest BCUT2D eigenvalue weighted by atomic mass is 127. The number of halogens is 2. The van der Waals surface area contributed by atoms with Crippen molar-refractivity contribution in [3.63, 3.8) is 0 Å². The molecule has 4 unspecified atom stereocenters. The SMILES string of the molecule is CCNC(=NCc1ccccc1F)NCCN1C(=O)C2C3C=CC(C3)C2C1=O.I. The van der Waals surface area contributed by atoms with E-state index >= 15 is 0 Å². The minimum absolute atomic E-state index is 0. The van der Waals surface area contributed by atoms with Crippen LogP contribution in [-0.4, -0.2) is 42.3 Å². The van der Waals surface area contributed by atoms with Crippen LogP contribution in [0.25, 0.3) is 0 Å². The number of likely N-dealkylation sites (tertiary alicyclic amines) is 1. The van der Waals surface area contributed by atoms with Gasteiger partial charge < -0.3 is 10.6 Å². The van der Waals surface area contributed by atoms with Crippen molar-refractivity contribution in [2.24, 2.45) is 28.7 Å². The summed E-state index contributed by atoms with van der Waals surface area (Å²) in [5.74, 6) is 0.296. The zero-order valence-corrected chi connectivity index (χ0v) is 18.6. The van der Waals surface area contributed by atoms with Gasteiger partial charge in [0.2, 0.25) is 11.8 Å². The van der Waals surface area contributed by atoms with Crippen LogP contribution < -0.4 is 10.6 Å². The lowest BCUT2D eigenvalue weighted by Gasteiger charge is -2.18. The number of carbonyl (C=O) groups excluding carboxylic acids is 2. The first-order valence-electron chi connectivity index (χ1n) is 9.89. The molecule has 1 aliphatic heterocycles. The molecule has 1 heterocycles. The molecule has 6 nitrogen and oxygen atoms in total. The number of hydrogen-bond donors (Lipinski definition) is 2. The number of rotatable bonds is 6. The molecule has 3 aliphatic rings. The molecule has 2 fully saturated rings. The fourth-order valence-corrected chi connectivity index (χ4v) is 4.60. The topological polar surface area (TPSA) is 73.8 Å². The summed E-state index contributed by atoms with van der Waals surface area (Å²) < 4.78 is 13.8. The highest BCUT2D eigenvalue weighted by Gasteiger charge is 2.58. The Hall–Kier alpha value is -1.97. The second-order valence-corrected chi connectivity index (χ2v) is 7.54. The first kappa shape index (κ1) is 21.7. The number of guanidine groups is 1. The quantitative estimate of drug-likeness (QED) is 0.202. The van der Waals surface area contributed by atoms with Crippen LogP contribution in [0, 0.1) is 29.5 Å². The van der Waals surface area contributed by atoms with E-state index in [1.54, 1.807) is 18.2 Å². The molecule has 0 spiro atoms. The Morgan fingerprint density at radius 2 is 1.79 bits per heavy atom. The van der Waals surface area contributed by atoms with Gasteiger partial charge in [0.1, 0.15) is 5.82 Å². The fraction of sp³-hybridized carbons (Fsp3) is 0.476. The molecule has 2 bridgehead atoms. The molecule has 0 aromatic heterocycles. The van der Waals surface area contributed by atoms with Crippen molar-refractivity contribution in [3.8, 4) is 0 Å². The minimum Gasteiger partial charge on any atom is -0.357 e. The standard InChI is InChI=1S/C21H25FN4O2.HI/c1-2-23-21(25-12-15-5-3-4-6-16(15)22)24-9-10-26-19(27)17-13-7-8-14(11-13)18(17)20(26)28;/h3-8,13-14,17-18H,2,9-12H2,1H3,(H2,23,24,25);1H. The summed E-state index contributed by atoms with van der Waals surface area (Å²) in [4.78, 5) is 31.2. The van der Waals surface area contributed by atoms with E-state index in [1.165, 1.54) is 11.0 Å². The third-order valence-corrected chi connectivity index (χ3v) is 5.90. The van der Waals surface area contributed by atoms with E-state index in [0.29, 0.717) is 31.2 Å². The zero-order chi connectivity index (χ0) is 19.7. The molecule has 4 atom stereocenters. The van der Waals surface area contributed by atoms with Crippen LogP contribution in [0.4, 0.5) is 4.39 Å². The summed E-state index contributed by atoms with van der Waals surface area (Å²) >= 11 is 0. The first-order valence-corrected chi connectivity index (χ1v) is 9.89. The van der Waals surface area contributed by atoms with Gasteiger partial charge in [0.15, 0.2) is 5.96 Å². The van der Waals surface area contributed by atoms with E-state index < -0.39 is 0 Å². The van der Waals surface area contributed by atoms with Crippen LogP contribution in [0.3, 0.4) is 0 Å². The van der Waals surface area contributed by atoms with Gasteiger partial charge in [0.25, 0.3) is 0 Å². The van der Waals surface area contributed by atoms with Crippen LogP contribution in [0.5, 0.6) is 0 Å². The molecule has 29 heavy (non-hydrogen) atoms. The molecule has 0 radical (unpaired) electrons. The summed E-state index contributed by atoms with van der Waals surface area (Å²) in [6, 6.07) is 6.53. The molecule has 2 N–H and O–H groups in total. The number of carbonyl (C=O) groups is 2. The number of aliphatic imine (C=N–C) groups is 1. The van der Waals surface area contributed by atoms with Crippen LogP contribution in [0.15, 0.2) is 41.4 Å². The van der Waals surface area contributed by atoms with Crippen molar-refractivity contribution in [3.05, 3.63) is 47.8 Å². The summed E-state index contributed by atoms with van der Waals surface area (Å²) in [7, 11) is 0. The van der Waals surface area contributed by atoms with Crippen molar-refractivity contribution in [2.75, 3.05) is 19.6 Å². The second kappa shape index (κ2) is 9.23. The van der Waals surface area contributed by atoms with Crippen LogP contribution in [0.2, 0.25) is 0 Å². The lowest BCUT2D eigenvalue weighted by molar-refractivity contribution is -0.140. The van der Waals surface area contributed by atoms with Gasteiger partial charge >= 0.3 is 0 Å². The lowest BCUT2D eigenvalue weighted by Crippen LogP contribution is -2.43. The summed E-state index contributed by atoms with van der Waals surface area (Å²) in [6.45, 7) is 3.53. The highest BCUT2D eigenvalue weighted by molar-refractivity contribution is 14.0. The Bertz CT molecular complexity index is 814. The van der Waals surface area contributed by atoms with Gasteiger partial charge in [0, 0.05) is 25.2 Å². The van der Waals surface area contributed by atoms with E-state index in [1.807, 2.05) is 6.92 Å². The molecule has 1 aromatic carbocycles. The van der Waals surface area contributed by atoms with Crippen molar-refractivity contribution in [1.29, 1.82) is 0 Å². The monoisotopic (exact) mass is 512 g/mol. The molecule has 156 valence electrons. The summed E-state index contributed by atoms with van der Waals surface area (Å²) in [6.07, 6.45) is 5.13. The largest absolute Gasteiger partial charge is 0.357 e. The van der Waals surface area contributed by atoms with Gasteiger partial charge in [0.05, 0.1) is 18.4 Å². The second-order valence-electron chi connectivity index (χ2n) is 7.54. The average Bonchev–Trinajstić information content (AvgIpc) is 3.36. The Morgan fingerprint density at radius 3 is 2.41 bits per heavy atom. The molecule has 1 saturated heterocycles. The number of nitrogens with zero attached hydrogens (tertiary/aromatic N) is 2.